The Kier molecular flexibility index (Phi) is 4.84. The van der Waals surface area contributed by atoms with E-state index < -0.39 is 0 Å². The Morgan fingerprint density at radius 1 is 1.21 bits per heavy atom. The first-order valence-electron chi connectivity index (χ1n) is 8.62. The zero-order valence-electron chi connectivity index (χ0n) is 14.7. The summed E-state index contributed by atoms with van der Waals surface area (Å²) in [6.07, 6.45) is 5.87. The molecule has 1 saturated heterocycles. The molecule has 4 nitrogen and oxygen atoms in total. The van der Waals surface area contributed by atoms with Crippen molar-refractivity contribution >= 4 is 17.3 Å². The molecule has 0 saturated carbocycles. The van der Waals surface area contributed by atoms with Gasteiger partial charge in [-0.05, 0) is 55.9 Å². The molecular formula is C20H25N3O. The fourth-order valence-corrected chi connectivity index (χ4v) is 3.07. The summed E-state index contributed by atoms with van der Waals surface area (Å²) in [7, 11) is 0. The molecule has 0 bridgehead atoms. The molecule has 24 heavy (non-hydrogen) atoms. The highest BCUT2D eigenvalue weighted by atomic mass is 16.1. The summed E-state index contributed by atoms with van der Waals surface area (Å²) >= 11 is 0. The monoisotopic (exact) mass is 323 g/mol. The highest BCUT2D eigenvalue weighted by Crippen LogP contribution is 2.24. The van der Waals surface area contributed by atoms with Gasteiger partial charge in [0.2, 0.25) is 0 Å². The molecule has 1 aliphatic heterocycles. The first-order chi connectivity index (χ1) is 11.5. The molecule has 0 aliphatic carbocycles. The highest BCUT2D eigenvalue weighted by molar-refractivity contribution is 6.05. The van der Waals surface area contributed by atoms with Crippen molar-refractivity contribution in [1.29, 1.82) is 0 Å². The summed E-state index contributed by atoms with van der Waals surface area (Å²) in [5.74, 6) is 0.674. The number of nitrogens with zero attached hydrogens (tertiary/aromatic N) is 2. The van der Waals surface area contributed by atoms with Gasteiger partial charge in [-0.1, -0.05) is 19.1 Å². The van der Waals surface area contributed by atoms with Gasteiger partial charge in [-0.2, -0.15) is 0 Å². The average molecular weight is 323 g/mol. The van der Waals surface area contributed by atoms with Crippen molar-refractivity contribution < 1.29 is 4.79 Å². The minimum Gasteiger partial charge on any atom is -0.370 e. The van der Waals surface area contributed by atoms with Crippen LogP contribution in [0, 0.1) is 19.8 Å². The lowest BCUT2D eigenvalue weighted by Gasteiger charge is -2.32. The number of carbonyl (C=O) groups is 1. The number of amides is 1. The number of aryl methyl sites for hydroxylation is 1. The normalized spacial score (nSPS) is 15.4. The highest BCUT2D eigenvalue weighted by Gasteiger charge is 2.17. The van der Waals surface area contributed by atoms with Crippen molar-refractivity contribution in [3.63, 3.8) is 0 Å². The maximum Gasteiger partial charge on any atom is 0.257 e. The zero-order valence-corrected chi connectivity index (χ0v) is 14.7. The van der Waals surface area contributed by atoms with Crippen molar-refractivity contribution in [2.75, 3.05) is 23.3 Å². The van der Waals surface area contributed by atoms with Crippen LogP contribution in [0.15, 0.2) is 36.7 Å². The first-order valence-corrected chi connectivity index (χ1v) is 8.62. The van der Waals surface area contributed by atoms with Gasteiger partial charge in [0.05, 0.1) is 17.4 Å². The Bertz CT molecular complexity index is 733. The molecule has 2 heterocycles. The Morgan fingerprint density at radius 2 is 1.96 bits per heavy atom. The van der Waals surface area contributed by atoms with Crippen LogP contribution in [0.2, 0.25) is 0 Å². The first kappa shape index (κ1) is 16.5. The van der Waals surface area contributed by atoms with E-state index in [9.17, 15) is 4.79 Å². The summed E-state index contributed by atoms with van der Waals surface area (Å²) < 4.78 is 0. The molecule has 1 aliphatic rings. The van der Waals surface area contributed by atoms with Crippen molar-refractivity contribution in [2.45, 2.75) is 33.6 Å². The Morgan fingerprint density at radius 3 is 2.71 bits per heavy atom. The van der Waals surface area contributed by atoms with E-state index in [1.165, 1.54) is 18.4 Å². The van der Waals surface area contributed by atoms with Gasteiger partial charge in [0.1, 0.15) is 0 Å². The number of pyridine rings is 1. The molecule has 1 fully saturated rings. The van der Waals surface area contributed by atoms with Crippen molar-refractivity contribution in [3.8, 4) is 0 Å². The predicted molar refractivity (Wildman–Crippen MR) is 98.7 cm³/mol. The quantitative estimate of drug-likeness (QED) is 0.921. The second-order valence-electron chi connectivity index (χ2n) is 6.80. The average Bonchev–Trinajstić information content (AvgIpc) is 2.60. The third kappa shape index (κ3) is 3.58. The minimum absolute atomic E-state index is 0.108. The fraction of sp³-hybridized carbons (Fsp3) is 0.400. The van der Waals surface area contributed by atoms with Crippen LogP contribution >= 0.6 is 0 Å². The Hall–Kier alpha value is -2.36. The number of aromatic nitrogens is 1. The summed E-state index contributed by atoms with van der Waals surface area (Å²) in [5, 5.41) is 3.01. The van der Waals surface area contributed by atoms with Gasteiger partial charge in [0, 0.05) is 25.0 Å². The number of benzene rings is 1. The molecule has 0 spiro atoms. The van der Waals surface area contributed by atoms with Crippen LogP contribution in [-0.4, -0.2) is 24.0 Å². The van der Waals surface area contributed by atoms with E-state index in [1.807, 2.05) is 44.3 Å². The molecule has 1 amide bonds. The van der Waals surface area contributed by atoms with Gasteiger partial charge < -0.3 is 10.2 Å². The van der Waals surface area contributed by atoms with Crippen LogP contribution in [0.25, 0.3) is 0 Å². The van der Waals surface area contributed by atoms with Crippen LogP contribution < -0.4 is 10.2 Å². The lowest BCUT2D eigenvalue weighted by molar-refractivity contribution is 0.102. The second kappa shape index (κ2) is 7.04. The van der Waals surface area contributed by atoms with Crippen LogP contribution in [0.1, 0.15) is 41.3 Å². The van der Waals surface area contributed by atoms with Crippen molar-refractivity contribution in [2.24, 2.45) is 5.92 Å². The molecule has 1 aromatic carbocycles. The SMILES string of the molecule is Cc1cccc(NC(=O)c2cncc(N3CCC(C)CC3)c2)c1C. The van der Waals surface area contributed by atoms with Gasteiger partial charge in [0.25, 0.3) is 5.91 Å². The molecule has 1 aromatic heterocycles. The minimum atomic E-state index is -0.108. The molecule has 1 N–H and O–H groups in total. The second-order valence-corrected chi connectivity index (χ2v) is 6.80. The maximum atomic E-state index is 12.6. The molecular weight excluding hydrogens is 298 g/mol. The number of carbonyl (C=O) groups excluding carboxylic acids is 1. The number of anilines is 2. The van der Waals surface area contributed by atoms with Crippen LogP contribution in [0.5, 0.6) is 0 Å². The summed E-state index contributed by atoms with van der Waals surface area (Å²) in [5.41, 5.74) is 4.77. The van der Waals surface area contributed by atoms with Gasteiger partial charge in [0.15, 0.2) is 0 Å². The predicted octanol–water partition coefficient (Wildman–Crippen LogP) is 4.19. The Balaban J connectivity index is 1.76. The Labute approximate surface area is 143 Å². The number of rotatable bonds is 3. The standard InChI is InChI=1S/C20H25N3O/c1-14-7-9-23(10-8-14)18-11-17(12-21-13-18)20(24)22-19-6-4-5-15(2)16(19)3/h4-6,11-14H,7-10H2,1-3H3,(H,22,24). The third-order valence-corrected chi connectivity index (χ3v) is 4.99. The van der Waals surface area contributed by atoms with E-state index >= 15 is 0 Å². The topological polar surface area (TPSA) is 45.2 Å². The molecule has 126 valence electrons. The summed E-state index contributed by atoms with van der Waals surface area (Å²) in [6.45, 7) is 8.43. The van der Waals surface area contributed by atoms with E-state index in [1.54, 1.807) is 6.20 Å². The number of nitrogens with one attached hydrogen (secondary N) is 1. The van der Waals surface area contributed by atoms with E-state index in [4.69, 9.17) is 0 Å². The van der Waals surface area contributed by atoms with Gasteiger partial charge in [-0.3, -0.25) is 9.78 Å². The van der Waals surface area contributed by atoms with E-state index in [0.717, 1.165) is 35.9 Å². The van der Waals surface area contributed by atoms with Crippen LogP contribution in [0.4, 0.5) is 11.4 Å². The van der Waals surface area contributed by atoms with Crippen molar-refractivity contribution in [3.05, 3.63) is 53.3 Å². The lowest BCUT2D eigenvalue weighted by atomic mass is 9.99. The third-order valence-electron chi connectivity index (χ3n) is 4.99. The largest absolute Gasteiger partial charge is 0.370 e. The van der Waals surface area contributed by atoms with Crippen molar-refractivity contribution in [1.82, 2.24) is 4.98 Å². The van der Waals surface area contributed by atoms with E-state index in [2.05, 4.69) is 22.1 Å². The van der Waals surface area contributed by atoms with Gasteiger partial charge >= 0.3 is 0 Å². The van der Waals surface area contributed by atoms with Gasteiger partial charge in [-0.15, -0.1) is 0 Å². The molecule has 0 radical (unpaired) electrons. The molecule has 0 unspecified atom stereocenters. The summed E-state index contributed by atoms with van der Waals surface area (Å²) in [6, 6.07) is 7.89. The maximum absolute atomic E-state index is 12.6. The number of piperidine rings is 1. The number of hydrogen-bond acceptors (Lipinski definition) is 3. The fourth-order valence-electron chi connectivity index (χ4n) is 3.07. The number of hydrogen-bond donors (Lipinski definition) is 1. The van der Waals surface area contributed by atoms with E-state index in [0.29, 0.717) is 5.56 Å². The van der Waals surface area contributed by atoms with Crippen LogP contribution in [-0.2, 0) is 0 Å². The molecule has 3 rings (SSSR count). The molecule has 4 heteroatoms. The lowest BCUT2D eigenvalue weighted by Crippen LogP contribution is -2.33. The molecule has 2 aromatic rings. The van der Waals surface area contributed by atoms with E-state index in [-0.39, 0.29) is 5.91 Å². The van der Waals surface area contributed by atoms with Crippen LogP contribution in [0.3, 0.4) is 0 Å². The van der Waals surface area contributed by atoms with Gasteiger partial charge in [-0.25, -0.2) is 0 Å². The summed E-state index contributed by atoms with van der Waals surface area (Å²) in [4.78, 5) is 19.2. The smallest absolute Gasteiger partial charge is 0.257 e. The zero-order chi connectivity index (χ0) is 17.1. The molecule has 0 atom stereocenters.